The van der Waals surface area contributed by atoms with Gasteiger partial charge in [0.25, 0.3) is 0 Å². The van der Waals surface area contributed by atoms with Crippen LogP contribution in [0.3, 0.4) is 0 Å². The van der Waals surface area contributed by atoms with Crippen molar-refractivity contribution in [3.63, 3.8) is 0 Å². The maximum atomic E-state index is 13.0. The largest absolute Gasteiger partial charge is 0.497 e. The molecule has 8 heteroatoms. The molecule has 0 spiro atoms. The van der Waals surface area contributed by atoms with Crippen molar-refractivity contribution in [1.29, 1.82) is 0 Å². The first-order valence-corrected chi connectivity index (χ1v) is 14.0. The Labute approximate surface area is 231 Å². The molecule has 0 saturated carbocycles. The van der Waals surface area contributed by atoms with Gasteiger partial charge in [0.2, 0.25) is 5.91 Å². The third-order valence-electron chi connectivity index (χ3n) is 7.64. The zero-order valence-electron chi connectivity index (χ0n) is 22.7. The number of nitrogens with zero attached hydrogens (tertiary/aromatic N) is 2. The average Bonchev–Trinajstić information content (AvgIpc) is 3.19. The van der Waals surface area contributed by atoms with Gasteiger partial charge in [0.1, 0.15) is 11.5 Å². The Hall–Kier alpha value is -2.58. The van der Waals surface area contributed by atoms with Crippen molar-refractivity contribution < 1.29 is 14.3 Å². The van der Waals surface area contributed by atoms with Gasteiger partial charge in [-0.25, -0.2) is 0 Å². The Morgan fingerprint density at radius 2 is 1.68 bits per heavy atom. The second-order valence-electron chi connectivity index (χ2n) is 10.1. The summed E-state index contributed by atoms with van der Waals surface area (Å²) in [6.07, 6.45) is 2.37. The van der Waals surface area contributed by atoms with Crippen LogP contribution in [0.1, 0.15) is 43.2 Å². The van der Waals surface area contributed by atoms with Crippen LogP contribution in [-0.4, -0.2) is 81.8 Å². The number of fused-ring (bicyclic) bond motifs is 1. The van der Waals surface area contributed by atoms with Crippen molar-refractivity contribution in [3.05, 3.63) is 64.2 Å². The minimum Gasteiger partial charge on any atom is -0.497 e. The van der Waals surface area contributed by atoms with Gasteiger partial charge < -0.3 is 30.3 Å². The first-order valence-electron chi connectivity index (χ1n) is 13.7. The fourth-order valence-corrected chi connectivity index (χ4v) is 5.47. The summed E-state index contributed by atoms with van der Waals surface area (Å²) in [5, 5.41) is 3.83. The number of carbonyl (C=O) groups is 1. The first-order chi connectivity index (χ1) is 18.5. The maximum Gasteiger partial charge on any atom is 0.224 e. The molecule has 0 bridgehead atoms. The molecule has 1 heterocycles. The number of hydrogen-bond acceptors (Lipinski definition) is 6. The van der Waals surface area contributed by atoms with Crippen molar-refractivity contribution in [1.82, 2.24) is 15.1 Å². The summed E-state index contributed by atoms with van der Waals surface area (Å²) < 4.78 is 11.6. The molecule has 1 saturated heterocycles. The van der Waals surface area contributed by atoms with Crippen LogP contribution in [0.25, 0.3) is 5.57 Å². The van der Waals surface area contributed by atoms with E-state index >= 15 is 0 Å². The molecule has 2 aromatic rings. The fraction of sp³-hybridized carbons (Fsp3) is 0.500. The first kappa shape index (κ1) is 28.4. The molecular weight excluding hydrogens is 500 g/mol. The number of methoxy groups -OCH3 is 1. The van der Waals surface area contributed by atoms with Gasteiger partial charge in [-0.3, -0.25) is 4.79 Å². The molecule has 206 valence electrons. The molecule has 1 aliphatic heterocycles. The van der Waals surface area contributed by atoms with Crippen molar-refractivity contribution in [2.75, 3.05) is 66.1 Å². The fourth-order valence-electron chi connectivity index (χ4n) is 5.35. The minimum absolute atomic E-state index is 0.0546. The molecule has 1 fully saturated rings. The molecule has 38 heavy (non-hydrogen) atoms. The summed E-state index contributed by atoms with van der Waals surface area (Å²) in [6.45, 7) is 10.5. The van der Waals surface area contributed by atoms with Crippen LogP contribution < -0.4 is 20.5 Å². The van der Waals surface area contributed by atoms with E-state index in [1.54, 1.807) is 7.11 Å². The second-order valence-corrected chi connectivity index (χ2v) is 10.6. The lowest BCUT2D eigenvalue weighted by Gasteiger charge is -2.34. The van der Waals surface area contributed by atoms with Crippen molar-refractivity contribution in [2.24, 2.45) is 5.73 Å². The molecule has 0 radical (unpaired) electrons. The van der Waals surface area contributed by atoms with E-state index < -0.39 is 0 Å². The number of ether oxygens (including phenoxy) is 2. The van der Waals surface area contributed by atoms with E-state index in [-0.39, 0.29) is 11.8 Å². The summed E-state index contributed by atoms with van der Waals surface area (Å²) in [5.74, 6) is 1.70. The molecule has 0 aromatic heterocycles. The SMILES string of the molecule is COc1ccc2c(c1)C(CC(=O)NCCCN1CCN(CCCN)CC1)=C(C)C2COc1ccc(Cl)cc1. The second kappa shape index (κ2) is 14.0. The summed E-state index contributed by atoms with van der Waals surface area (Å²) in [7, 11) is 1.67. The smallest absolute Gasteiger partial charge is 0.224 e. The minimum atomic E-state index is 0.0546. The highest BCUT2D eigenvalue weighted by atomic mass is 35.5. The number of benzene rings is 2. The number of rotatable bonds is 13. The molecule has 1 unspecified atom stereocenters. The highest BCUT2D eigenvalue weighted by molar-refractivity contribution is 6.30. The summed E-state index contributed by atoms with van der Waals surface area (Å²) in [6, 6.07) is 13.5. The van der Waals surface area contributed by atoms with E-state index in [4.69, 9.17) is 26.8 Å². The predicted molar refractivity (Wildman–Crippen MR) is 154 cm³/mol. The van der Waals surface area contributed by atoms with Crippen molar-refractivity contribution in [3.8, 4) is 11.5 Å². The number of halogens is 1. The lowest BCUT2D eigenvalue weighted by atomic mass is 9.97. The van der Waals surface area contributed by atoms with Crippen molar-refractivity contribution in [2.45, 2.75) is 32.1 Å². The number of nitrogens with one attached hydrogen (secondary N) is 1. The summed E-state index contributed by atoms with van der Waals surface area (Å²) >= 11 is 6.01. The quantitative estimate of drug-likeness (QED) is 0.371. The number of amides is 1. The van der Waals surface area contributed by atoms with E-state index in [1.807, 2.05) is 36.4 Å². The van der Waals surface area contributed by atoms with Gasteiger partial charge in [-0.2, -0.15) is 0 Å². The molecule has 7 nitrogen and oxygen atoms in total. The van der Waals surface area contributed by atoms with E-state index in [1.165, 1.54) is 11.1 Å². The van der Waals surface area contributed by atoms with Crippen LogP contribution in [0.15, 0.2) is 48.0 Å². The number of hydrogen-bond donors (Lipinski definition) is 2. The Balaban J connectivity index is 1.30. The zero-order chi connectivity index (χ0) is 26.9. The van der Waals surface area contributed by atoms with Crippen LogP contribution in [0.5, 0.6) is 11.5 Å². The number of carbonyl (C=O) groups excluding carboxylic acids is 1. The Bertz CT molecular complexity index is 1100. The lowest BCUT2D eigenvalue weighted by Crippen LogP contribution is -2.47. The van der Waals surface area contributed by atoms with E-state index in [2.05, 4.69) is 28.1 Å². The van der Waals surface area contributed by atoms with E-state index in [0.29, 0.717) is 24.6 Å². The Kier molecular flexibility index (Phi) is 10.5. The highest BCUT2D eigenvalue weighted by Gasteiger charge is 2.30. The van der Waals surface area contributed by atoms with Gasteiger partial charge in [-0.15, -0.1) is 0 Å². The molecule has 2 aliphatic rings. The zero-order valence-corrected chi connectivity index (χ0v) is 23.4. The maximum absolute atomic E-state index is 13.0. The van der Waals surface area contributed by atoms with Gasteiger partial charge in [0, 0.05) is 43.7 Å². The Morgan fingerprint density at radius 3 is 2.34 bits per heavy atom. The Morgan fingerprint density at radius 1 is 1.03 bits per heavy atom. The molecule has 1 atom stereocenters. The van der Waals surface area contributed by atoms with Gasteiger partial charge >= 0.3 is 0 Å². The van der Waals surface area contributed by atoms with Gasteiger partial charge in [0.15, 0.2) is 0 Å². The van der Waals surface area contributed by atoms with Crippen LogP contribution in [-0.2, 0) is 4.79 Å². The third-order valence-corrected chi connectivity index (χ3v) is 7.90. The monoisotopic (exact) mass is 540 g/mol. The summed E-state index contributed by atoms with van der Waals surface area (Å²) in [4.78, 5) is 17.9. The average molecular weight is 541 g/mol. The molecular formula is C30H41ClN4O3. The number of nitrogens with two attached hydrogens (primary N) is 1. The van der Waals surface area contributed by atoms with Crippen molar-refractivity contribution >= 4 is 23.1 Å². The van der Waals surface area contributed by atoms with Crippen LogP contribution in [0, 0.1) is 0 Å². The van der Waals surface area contributed by atoms with Gasteiger partial charge in [0.05, 0.1) is 20.1 Å². The molecule has 4 rings (SSSR count). The van der Waals surface area contributed by atoms with Gasteiger partial charge in [-0.1, -0.05) is 23.2 Å². The predicted octanol–water partition coefficient (Wildman–Crippen LogP) is 4.16. The normalized spacial score (nSPS) is 17.9. The lowest BCUT2D eigenvalue weighted by molar-refractivity contribution is -0.120. The highest BCUT2D eigenvalue weighted by Crippen LogP contribution is 2.44. The molecule has 1 aliphatic carbocycles. The van der Waals surface area contributed by atoms with E-state index in [0.717, 1.165) is 81.3 Å². The number of piperazine rings is 1. The third kappa shape index (κ3) is 7.50. The molecule has 3 N–H and O–H groups in total. The van der Waals surface area contributed by atoms with Crippen LogP contribution >= 0.6 is 11.6 Å². The van der Waals surface area contributed by atoms with Crippen LogP contribution in [0.2, 0.25) is 5.02 Å². The summed E-state index contributed by atoms with van der Waals surface area (Å²) in [5.41, 5.74) is 10.1. The topological polar surface area (TPSA) is 80.1 Å². The van der Waals surface area contributed by atoms with E-state index in [9.17, 15) is 4.79 Å². The molecule has 1 amide bonds. The molecule has 2 aromatic carbocycles. The van der Waals surface area contributed by atoms with Gasteiger partial charge in [-0.05, 0) is 92.5 Å². The standard InChI is InChI=1S/C30H41ClN4O3/c1-22-27(20-30(36)33-12-4-14-35-17-15-34(16-18-35)13-3-11-32)28-19-25(37-2)9-10-26(28)29(22)21-38-24-7-5-23(31)6-8-24/h5-10,19,29H,3-4,11-18,20-21,32H2,1-2H3,(H,33,36). The van der Waals surface area contributed by atoms with Crippen LogP contribution in [0.4, 0.5) is 0 Å².